The number of nitrogens with zero attached hydrogens (tertiary/aromatic N) is 2. The van der Waals surface area contributed by atoms with Crippen LogP contribution in [-0.2, 0) is 16.6 Å². The summed E-state index contributed by atoms with van der Waals surface area (Å²) in [5.74, 6) is -2.64. The number of fused-ring (bicyclic) bond motifs is 1. The van der Waals surface area contributed by atoms with Gasteiger partial charge in [0.25, 0.3) is 0 Å². The van der Waals surface area contributed by atoms with Crippen molar-refractivity contribution in [2.75, 3.05) is 29.9 Å². The Bertz CT molecular complexity index is 938. The third-order valence-electron chi connectivity index (χ3n) is 4.19. The third-order valence-corrected chi connectivity index (χ3v) is 4.19. The molecule has 1 heterocycles. The minimum atomic E-state index is -5.04. The van der Waals surface area contributed by atoms with Crippen molar-refractivity contribution in [1.29, 1.82) is 0 Å². The van der Waals surface area contributed by atoms with Crippen LogP contribution >= 0.6 is 0 Å². The highest BCUT2D eigenvalue weighted by Crippen LogP contribution is 2.34. The molecule has 0 saturated carbocycles. The summed E-state index contributed by atoms with van der Waals surface area (Å²) in [6.07, 6.45) is -1.88. The number of hydrogen-bond donors (Lipinski definition) is 1. The molecule has 0 aliphatic carbocycles. The van der Waals surface area contributed by atoms with Gasteiger partial charge in [-0.15, -0.1) is 13.2 Å². The van der Waals surface area contributed by atoms with E-state index >= 15 is 0 Å². The number of carbonyl (C=O) groups is 2. The van der Waals surface area contributed by atoms with Crippen LogP contribution in [0.15, 0.2) is 43.5 Å². The number of anilines is 2. The summed E-state index contributed by atoms with van der Waals surface area (Å²) in [4.78, 5) is 25.4. The van der Waals surface area contributed by atoms with Crippen molar-refractivity contribution in [3.05, 3.63) is 49.2 Å². The number of esters is 1. The molecule has 2 rings (SSSR count). The van der Waals surface area contributed by atoms with Crippen molar-refractivity contribution in [2.45, 2.75) is 13.1 Å². The lowest BCUT2D eigenvalue weighted by molar-refractivity contribution is -0.167. The number of benzene rings is 1. The number of aryl methyl sites for hydroxylation is 1. The van der Waals surface area contributed by atoms with Gasteiger partial charge in [0.1, 0.15) is 5.69 Å². The van der Waals surface area contributed by atoms with Crippen LogP contribution in [0.4, 0.5) is 24.5 Å². The van der Waals surface area contributed by atoms with Crippen LogP contribution in [0.3, 0.4) is 0 Å². The summed E-state index contributed by atoms with van der Waals surface area (Å²) in [7, 11) is 1.65. The maximum atomic E-state index is 12.8. The smallest absolute Gasteiger partial charge is 0.461 e. The van der Waals surface area contributed by atoms with E-state index in [2.05, 4.69) is 13.2 Å². The van der Waals surface area contributed by atoms with E-state index in [1.807, 2.05) is 5.32 Å². The number of alkyl halides is 3. The normalized spacial score (nSPS) is 11.2. The van der Waals surface area contributed by atoms with Gasteiger partial charge in [0.15, 0.2) is 0 Å². The molecular weight excluding hydrogens is 387 g/mol. The number of nitrogens with one attached hydrogen (secondary N) is 1. The molecule has 9 heteroatoms. The van der Waals surface area contributed by atoms with E-state index in [-0.39, 0.29) is 18.0 Å². The molecule has 0 bridgehead atoms. The second kappa shape index (κ2) is 8.85. The molecule has 0 spiro atoms. The average molecular weight is 409 g/mol. The molecule has 1 N–H and O–H groups in total. The molecule has 0 saturated heterocycles. The summed E-state index contributed by atoms with van der Waals surface area (Å²) in [6, 6.07) is 4.51. The van der Waals surface area contributed by atoms with Gasteiger partial charge >= 0.3 is 18.1 Å². The van der Waals surface area contributed by atoms with Gasteiger partial charge < -0.3 is 19.5 Å². The Labute approximate surface area is 166 Å². The SMILES string of the molecule is C=CCN(CC=C)c1cc2c(cc1NC(=O)C(F)(F)F)cc(C(=O)OCC)n2C. The molecule has 1 aromatic heterocycles. The summed E-state index contributed by atoms with van der Waals surface area (Å²) < 4.78 is 45.0. The zero-order chi connectivity index (χ0) is 21.8. The van der Waals surface area contributed by atoms with E-state index in [0.29, 0.717) is 29.7 Å². The van der Waals surface area contributed by atoms with E-state index < -0.39 is 18.1 Å². The van der Waals surface area contributed by atoms with Gasteiger partial charge in [0.05, 0.1) is 23.5 Å². The predicted molar refractivity (Wildman–Crippen MR) is 106 cm³/mol. The van der Waals surface area contributed by atoms with Crippen molar-refractivity contribution in [1.82, 2.24) is 4.57 Å². The number of aromatic nitrogens is 1. The fraction of sp³-hybridized carbons (Fsp3) is 0.300. The van der Waals surface area contributed by atoms with Gasteiger partial charge in [-0.25, -0.2) is 4.79 Å². The lowest BCUT2D eigenvalue weighted by atomic mass is 10.1. The third kappa shape index (κ3) is 4.79. The molecule has 0 radical (unpaired) electrons. The van der Waals surface area contributed by atoms with Gasteiger partial charge in [0, 0.05) is 25.5 Å². The van der Waals surface area contributed by atoms with Crippen molar-refractivity contribution >= 4 is 34.2 Å². The Balaban J connectivity index is 2.67. The molecular formula is C20H22F3N3O3. The van der Waals surface area contributed by atoms with Crippen LogP contribution in [0.5, 0.6) is 0 Å². The zero-order valence-corrected chi connectivity index (χ0v) is 16.2. The molecule has 1 amide bonds. The summed E-state index contributed by atoms with van der Waals surface area (Å²) in [5, 5.41) is 2.40. The second-order valence-corrected chi connectivity index (χ2v) is 6.17. The number of halogens is 3. The van der Waals surface area contributed by atoms with Crippen molar-refractivity contribution < 1.29 is 27.5 Å². The Kier molecular flexibility index (Phi) is 6.73. The zero-order valence-electron chi connectivity index (χ0n) is 16.2. The van der Waals surface area contributed by atoms with Crippen molar-refractivity contribution in [3.63, 3.8) is 0 Å². The van der Waals surface area contributed by atoms with E-state index in [1.54, 1.807) is 41.7 Å². The molecule has 0 fully saturated rings. The first kappa shape index (κ1) is 22.1. The Morgan fingerprint density at radius 1 is 1.21 bits per heavy atom. The fourth-order valence-electron chi connectivity index (χ4n) is 2.91. The Morgan fingerprint density at radius 3 is 2.34 bits per heavy atom. The topological polar surface area (TPSA) is 63.6 Å². The van der Waals surface area contributed by atoms with Crippen molar-refractivity contribution in [2.24, 2.45) is 7.05 Å². The molecule has 6 nitrogen and oxygen atoms in total. The Morgan fingerprint density at radius 2 is 1.83 bits per heavy atom. The molecule has 156 valence electrons. The van der Waals surface area contributed by atoms with Crippen molar-refractivity contribution in [3.8, 4) is 0 Å². The second-order valence-electron chi connectivity index (χ2n) is 6.17. The molecule has 0 unspecified atom stereocenters. The first-order valence-electron chi connectivity index (χ1n) is 8.79. The molecule has 1 aromatic carbocycles. The van der Waals surface area contributed by atoms with Crippen LogP contribution in [-0.4, -0.2) is 42.3 Å². The van der Waals surface area contributed by atoms with Crippen LogP contribution < -0.4 is 10.2 Å². The van der Waals surface area contributed by atoms with E-state index in [1.165, 1.54) is 12.1 Å². The number of amides is 1. The Hall–Kier alpha value is -3.23. The number of hydrogen-bond acceptors (Lipinski definition) is 4. The summed E-state index contributed by atoms with van der Waals surface area (Å²) in [6.45, 7) is 9.78. The number of ether oxygens (including phenoxy) is 1. The number of rotatable bonds is 8. The minimum Gasteiger partial charge on any atom is -0.461 e. The van der Waals surface area contributed by atoms with E-state index in [4.69, 9.17) is 4.74 Å². The monoisotopic (exact) mass is 409 g/mol. The van der Waals surface area contributed by atoms with E-state index in [9.17, 15) is 22.8 Å². The molecule has 0 atom stereocenters. The highest BCUT2D eigenvalue weighted by molar-refractivity contribution is 6.03. The maximum absolute atomic E-state index is 12.8. The van der Waals surface area contributed by atoms with Gasteiger partial charge in [-0.1, -0.05) is 12.2 Å². The largest absolute Gasteiger partial charge is 0.471 e. The lowest BCUT2D eigenvalue weighted by Crippen LogP contribution is -2.31. The van der Waals surface area contributed by atoms with Gasteiger partial charge in [-0.05, 0) is 25.1 Å². The summed E-state index contributed by atoms with van der Waals surface area (Å²) in [5.41, 5.74) is 1.13. The van der Waals surface area contributed by atoms with Gasteiger partial charge in [-0.2, -0.15) is 13.2 Å². The first-order chi connectivity index (χ1) is 13.6. The molecule has 0 aliphatic rings. The lowest BCUT2D eigenvalue weighted by Gasteiger charge is -2.25. The van der Waals surface area contributed by atoms with Gasteiger partial charge in [-0.3, -0.25) is 4.79 Å². The summed E-state index contributed by atoms with van der Waals surface area (Å²) >= 11 is 0. The standard InChI is InChI=1S/C20H22F3N3O3/c1-5-8-26(9-6-2)16-12-15-13(10-14(16)24-19(28)20(21,22)23)11-17(25(15)4)18(27)29-7-3/h5-6,10-12H,1-2,7-9H2,3-4H3,(H,24,28). The van der Waals surface area contributed by atoms with Crippen LogP contribution in [0.25, 0.3) is 10.9 Å². The highest BCUT2D eigenvalue weighted by atomic mass is 19.4. The first-order valence-corrected chi connectivity index (χ1v) is 8.79. The molecule has 2 aromatic rings. The minimum absolute atomic E-state index is 0.0375. The highest BCUT2D eigenvalue weighted by Gasteiger charge is 2.39. The van der Waals surface area contributed by atoms with Gasteiger partial charge in [0.2, 0.25) is 0 Å². The predicted octanol–water partition coefficient (Wildman–Crippen LogP) is 4.03. The van der Waals surface area contributed by atoms with Crippen LogP contribution in [0.2, 0.25) is 0 Å². The van der Waals surface area contributed by atoms with Crippen LogP contribution in [0, 0.1) is 0 Å². The number of carbonyl (C=O) groups excluding carboxylic acids is 2. The quantitative estimate of drug-likeness (QED) is 0.528. The van der Waals surface area contributed by atoms with E-state index in [0.717, 1.165) is 0 Å². The molecule has 0 aliphatic heterocycles. The molecule has 29 heavy (non-hydrogen) atoms. The van der Waals surface area contributed by atoms with Crippen LogP contribution in [0.1, 0.15) is 17.4 Å². The average Bonchev–Trinajstić information content (AvgIpc) is 2.96. The maximum Gasteiger partial charge on any atom is 0.471 e. The fourth-order valence-corrected chi connectivity index (χ4v) is 2.91.